The first-order valence-electron chi connectivity index (χ1n) is 9.38. The number of fused-ring (bicyclic) bond motifs is 1. The molecular weight excluding hydrogens is 356 g/mol. The summed E-state index contributed by atoms with van der Waals surface area (Å²) in [5, 5.41) is 4.54. The first-order valence-corrected chi connectivity index (χ1v) is 9.38. The van der Waals surface area contributed by atoms with Gasteiger partial charge in [-0.15, -0.1) is 0 Å². The van der Waals surface area contributed by atoms with Gasteiger partial charge >= 0.3 is 0 Å². The van der Waals surface area contributed by atoms with Gasteiger partial charge in [-0.05, 0) is 23.8 Å². The zero-order chi connectivity index (χ0) is 19.2. The van der Waals surface area contributed by atoms with Gasteiger partial charge in [0.05, 0.1) is 24.8 Å². The van der Waals surface area contributed by atoms with E-state index in [-0.39, 0.29) is 5.43 Å². The van der Waals surface area contributed by atoms with E-state index >= 15 is 0 Å². The Kier molecular flexibility index (Phi) is 5.80. The van der Waals surface area contributed by atoms with E-state index in [0.29, 0.717) is 23.3 Å². The molecule has 6 heteroatoms. The quantitative estimate of drug-likeness (QED) is 0.375. The van der Waals surface area contributed by atoms with Gasteiger partial charge in [-0.3, -0.25) is 9.69 Å². The van der Waals surface area contributed by atoms with Crippen LogP contribution in [0, 0.1) is 0 Å². The second-order valence-electron chi connectivity index (χ2n) is 6.62. The van der Waals surface area contributed by atoms with Crippen molar-refractivity contribution in [3.8, 4) is 11.3 Å². The van der Waals surface area contributed by atoms with Gasteiger partial charge in [-0.25, -0.2) is 0 Å². The standard InChI is InChI=1S/C22H22N2O4/c25-20-15-22(18-4-2-1-3-5-18)28-21-7-6-17(14-19(20)21)16-23-27-13-10-24-8-11-26-12-9-24/h1-7,14-16H,8-13H2/b23-16-. The molecule has 1 fully saturated rings. The van der Waals surface area contributed by atoms with Gasteiger partial charge in [0.1, 0.15) is 18.0 Å². The molecule has 0 radical (unpaired) electrons. The normalized spacial score (nSPS) is 15.3. The molecule has 2 heterocycles. The van der Waals surface area contributed by atoms with Gasteiger partial charge < -0.3 is 14.0 Å². The minimum absolute atomic E-state index is 0.0800. The lowest BCUT2D eigenvalue weighted by Gasteiger charge is -2.25. The molecule has 1 aliphatic heterocycles. The summed E-state index contributed by atoms with van der Waals surface area (Å²) in [7, 11) is 0. The highest BCUT2D eigenvalue weighted by molar-refractivity contribution is 5.88. The lowest BCUT2D eigenvalue weighted by Crippen LogP contribution is -2.38. The number of nitrogens with zero attached hydrogens (tertiary/aromatic N) is 2. The molecule has 0 atom stereocenters. The molecule has 3 aromatic rings. The van der Waals surface area contributed by atoms with Crippen LogP contribution in [0.5, 0.6) is 0 Å². The fraction of sp³-hybridized carbons (Fsp3) is 0.273. The molecule has 1 saturated heterocycles. The second-order valence-corrected chi connectivity index (χ2v) is 6.62. The highest BCUT2D eigenvalue weighted by Gasteiger charge is 2.09. The van der Waals surface area contributed by atoms with Gasteiger partial charge in [0.2, 0.25) is 0 Å². The number of ether oxygens (including phenoxy) is 1. The van der Waals surface area contributed by atoms with Crippen LogP contribution in [0.1, 0.15) is 5.56 Å². The van der Waals surface area contributed by atoms with E-state index in [2.05, 4.69) is 10.1 Å². The summed E-state index contributed by atoms with van der Waals surface area (Å²) in [6.07, 6.45) is 1.61. The fourth-order valence-electron chi connectivity index (χ4n) is 3.14. The Labute approximate surface area is 163 Å². The van der Waals surface area contributed by atoms with Gasteiger partial charge in [-0.1, -0.05) is 35.5 Å². The summed E-state index contributed by atoms with van der Waals surface area (Å²) in [4.78, 5) is 20.2. The van der Waals surface area contributed by atoms with Crippen LogP contribution in [-0.4, -0.2) is 50.6 Å². The number of rotatable bonds is 6. The number of oxime groups is 1. The van der Waals surface area contributed by atoms with Crippen LogP contribution < -0.4 is 5.43 Å². The van der Waals surface area contributed by atoms with Gasteiger partial charge in [-0.2, -0.15) is 0 Å². The minimum Gasteiger partial charge on any atom is -0.456 e. The van der Waals surface area contributed by atoms with Crippen molar-refractivity contribution in [1.82, 2.24) is 4.90 Å². The summed E-state index contributed by atoms with van der Waals surface area (Å²) in [6.45, 7) is 4.75. The Morgan fingerprint density at radius 2 is 1.89 bits per heavy atom. The van der Waals surface area contributed by atoms with Crippen LogP contribution in [-0.2, 0) is 9.57 Å². The summed E-state index contributed by atoms with van der Waals surface area (Å²) in [5.74, 6) is 0.561. The van der Waals surface area contributed by atoms with Crippen molar-refractivity contribution >= 4 is 17.2 Å². The third-order valence-corrected chi connectivity index (χ3v) is 4.69. The SMILES string of the molecule is O=c1cc(-c2ccccc2)oc2ccc(/C=N\OCCN3CCOCC3)cc12. The molecule has 1 aromatic heterocycles. The van der Waals surface area contributed by atoms with Crippen LogP contribution in [0.4, 0.5) is 0 Å². The zero-order valence-electron chi connectivity index (χ0n) is 15.5. The maximum Gasteiger partial charge on any atom is 0.193 e. The van der Waals surface area contributed by atoms with Crippen molar-refractivity contribution in [3.05, 3.63) is 70.4 Å². The molecule has 0 aliphatic carbocycles. The average Bonchev–Trinajstić information content (AvgIpc) is 2.75. The molecule has 144 valence electrons. The molecule has 0 N–H and O–H groups in total. The van der Waals surface area contributed by atoms with Crippen LogP contribution >= 0.6 is 0 Å². The maximum atomic E-state index is 12.5. The molecule has 0 bridgehead atoms. The van der Waals surface area contributed by atoms with E-state index < -0.39 is 0 Å². The Morgan fingerprint density at radius 1 is 1.07 bits per heavy atom. The minimum atomic E-state index is -0.0800. The Morgan fingerprint density at radius 3 is 2.71 bits per heavy atom. The first-order chi connectivity index (χ1) is 13.8. The van der Waals surface area contributed by atoms with Gasteiger partial charge in [0.15, 0.2) is 5.43 Å². The van der Waals surface area contributed by atoms with Crippen molar-refractivity contribution in [2.75, 3.05) is 39.5 Å². The van der Waals surface area contributed by atoms with Crippen molar-refractivity contribution in [3.63, 3.8) is 0 Å². The number of benzene rings is 2. The Balaban J connectivity index is 1.42. The molecule has 0 unspecified atom stereocenters. The number of hydrogen-bond donors (Lipinski definition) is 0. The average molecular weight is 378 g/mol. The Hall–Kier alpha value is -2.96. The molecule has 0 spiro atoms. The molecule has 28 heavy (non-hydrogen) atoms. The van der Waals surface area contributed by atoms with E-state index in [1.54, 1.807) is 18.3 Å². The highest BCUT2D eigenvalue weighted by atomic mass is 16.6. The molecule has 0 amide bonds. The van der Waals surface area contributed by atoms with Gasteiger partial charge in [0.25, 0.3) is 0 Å². The van der Waals surface area contributed by atoms with E-state index in [1.807, 2.05) is 36.4 Å². The highest BCUT2D eigenvalue weighted by Crippen LogP contribution is 2.22. The van der Waals surface area contributed by atoms with E-state index in [9.17, 15) is 4.79 Å². The molecule has 0 saturated carbocycles. The first kappa shape index (κ1) is 18.4. The monoisotopic (exact) mass is 378 g/mol. The fourth-order valence-corrected chi connectivity index (χ4v) is 3.14. The second kappa shape index (κ2) is 8.82. The third-order valence-electron chi connectivity index (χ3n) is 4.69. The lowest BCUT2D eigenvalue weighted by molar-refractivity contribution is 0.0214. The molecular formula is C22H22N2O4. The predicted molar refractivity (Wildman–Crippen MR) is 109 cm³/mol. The van der Waals surface area contributed by atoms with Crippen LogP contribution in [0.3, 0.4) is 0 Å². The summed E-state index contributed by atoms with van der Waals surface area (Å²) in [6, 6.07) is 16.5. The van der Waals surface area contributed by atoms with E-state index in [0.717, 1.165) is 44.0 Å². The largest absolute Gasteiger partial charge is 0.456 e. The van der Waals surface area contributed by atoms with Crippen LogP contribution in [0.25, 0.3) is 22.3 Å². The molecule has 2 aromatic carbocycles. The van der Waals surface area contributed by atoms with E-state index in [1.165, 1.54) is 6.07 Å². The predicted octanol–water partition coefficient (Wildman–Crippen LogP) is 3.14. The van der Waals surface area contributed by atoms with Crippen LogP contribution in [0.15, 0.2) is 69.0 Å². The number of hydrogen-bond acceptors (Lipinski definition) is 6. The van der Waals surface area contributed by atoms with Crippen molar-refractivity contribution in [1.29, 1.82) is 0 Å². The maximum absolute atomic E-state index is 12.5. The van der Waals surface area contributed by atoms with E-state index in [4.69, 9.17) is 14.0 Å². The van der Waals surface area contributed by atoms with Crippen molar-refractivity contribution in [2.45, 2.75) is 0 Å². The molecule has 6 nitrogen and oxygen atoms in total. The zero-order valence-corrected chi connectivity index (χ0v) is 15.5. The number of morpholine rings is 1. The van der Waals surface area contributed by atoms with Crippen LogP contribution in [0.2, 0.25) is 0 Å². The third kappa shape index (κ3) is 4.47. The topological polar surface area (TPSA) is 64.3 Å². The molecule has 1 aliphatic rings. The van der Waals surface area contributed by atoms with Gasteiger partial charge in [0, 0.05) is 31.3 Å². The van der Waals surface area contributed by atoms with Crippen molar-refractivity contribution < 1.29 is 14.0 Å². The lowest BCUT2D eigenvalue weighted by atomic mass is 10.1. The Bertz CT molecular complexity index is 1010. The summed E-state index contributed by atoms with van der Waals surface area (Å²) in [5.41, 5.74) is 2.14. The molecule has 4 rings (SSSR count). The van der Waals surface area contributed by atoms with Crippen molar-refractivity contribution in [2.24, 2.45) is 5.16 Å². The summed E-state index contributed by atoms with van der Waals surface area (Å²) < 4.78 is 11.2. The summed E-state index contributed by atoms with van der Waals surface area (Å²) >= 11 is 0. The smallest absolute Gasteiger partial charge is 0.193 e.